The summed E-state index contributed by atoms with van der Waals surface area (Å²) in [4.78, 5) is 14.4. The van der Waals surface area contributed by atoms with E-state index in [0.29, 0.717) is 0 Å². The van der Waals surface area contributed by atoms with Crippen LogP contribution in [-0.4, -0.2) is 23.9 Å². The van der Waals surface area contributed by atoms with Crippen LogP contribution in [0.3, 0.4) is 0 Å². The number of carbonyl (C=O) groups excluding carboxylic acids is 1. The lowest BCUT2D eigenvalue weighted by atomic mass is 10.3. The lowest BCUT2D eigenvalue weighted by molar-refractivity contribution is 0.0727. The van der Waals surface area contributed by atoms with Crippen LogP contribution in [0.2, 0.25) is 0 Å². The van der Waals surface area contributed by atoms with Crippen molar-refractivity contribution in [1.29, 1.82) is 0 Å². The number of carbonyl (C=O) groups is 1. The zero-order valence-electron chi connectivity index (χ0n) is 6.95. The molecule has 0 atom stereocenters. The molecule has 1 aromatic rings. The average Bonchev–Trinajstić information content (AvgIpc) is 2.03. The molecular formula is C6H8N2O5S. The molecule has 0 amide bonds. The number of nitrogens with zero attached hydrogens (tertiary/aromatic N) is 1. The first-order valence-electron chi connectivity index (χ1n) is 3.10. The van der Waals surface area contributed by atoms with E-state index in [4.69, 9.17) is 4.55 Å². The zero-order chi connectivity index (χ0) is 9.90. The molecular weight excluding hydrogens is 212 g/mol. The van der Waals surface area contributed by atoms with Gasteiger partial charge in [0.15, 0.2) is 0 Å². The molecule has 1 rings (SSSR count). The fourth-order valence-corrected chi connectivity index (χ4v) is 0.915. The van der Waals surface area contributed by atoms with E-state index in [1.165, 1.54) is 18.3 Å². The second-order valence-corrected chi connectivity index (χ2v) is 3.06. The fraction of sp³-hybridized carbons (Fsp3) is 0. The van der Waals surface area contributed by atoms with Gasteiger partial charge in [0, 0.05) is 12.4 Å². The maximum atomic E-state index is 10.9. The van der Waals surface area contributed by atoms with Gasteiger partial charge in [-0.2, -0.15) is 8.42 Å². The van der Waals surface area contributed by atoms with Gasteiger partial charge in [0.05, 0.1) is 5.56 Å². The summed E-state index contributed by atoms with van der Waals surface area (Å²) in [6.45, 7) is 0. The number of rotatable bonds is 2. The Bertz CT molecular complexity index is 401. The van der Waals surface area contributed by atoms with Crippen LogP contribution in [0.1, 0.15) is 10.4 Å². The molecule has 0 saturated carbocycles. The Morgan fingerprint density at radius 1 is 1.50 bits per heavy atom. The van der Waals surface area contributed by atoms with Crippen molar-refractivity contribution in [2.75, 3.05) is 0 Å². The summed E-state index contributed by atoms with van der Waals surface area (Å²) in [7, 11) is -4.75. The van der Waals surface area contributed by atoms with Gasteiger partial charge in [-0.3, -0.25) is 9.54 Å². The highest BCUT2D eigenvalue weighted by Gasteiger charge is 2.14. The van der Waals surface area contributed by atoms with Gasteiger partial charge in [0.2, 0.25) is 0 Å². The standard InChI is InChI=1S/C6H5NO5S.H3N/c8-6(12-13(9,10)11)5-2-1-3-7-4-5;/h1-4H,(H,9,10,11);1H3. The third-order valence-electron chi connectivity index (χ3n) is 1.08. The molecule has 1 aromatic heterocycles. The third-order valence-corrected chi connectivity index (χ3v) is 1.44. The smallest absolute Gasteiger partial charge is 0.344 e. The zero-order valence-corrected chi connectivity index (χ0v) is 7.77. The van der Waals surface area contributed by atoms with Crippen LogP contribution in [-0.2, 0) is 14.6 Å². The molecule has 78 valence electrons. The van der Waals surface area contributed by atoms with Crippen LogP contribution in [0.5, 0.6) is 0 Å². The van der Waals surface area contributed by atoms with Crippen LogP contribution in [0.15, 0.2) is 24.5 Å². The lowest BCUT2D eigenvalue weighted by Crippen LogP contribution is -2.11. The van der Waals surface area contributed by atoms with Crippen LogP contribution in [0.4, 0.5) is 0 Å². The molecule has 0 aliphatic rings. The summed E-state index contributed by atoms with van der Waals surface area (Å²) >= 11 is 0. The van der Waals surface area contributed by atoms with Gasteiger partial charge in [-0.25, -0.2) is 4.79 Å². The third kappa shape index (κ3) is 3.94. The SMILES string of the molecule is N.O=C(OS(=O)(=O)O)c1cccnc1. The van der Waals surface area contributed by atoms with E-state index in [-0.39, 0.29) is 11.7 Å². The summed E-state index contributed by atoms with van der Waals surface area (Å²) in [5.74, 6) is -1.17. The van der Waals surface area contributed by atoms with E-state index in [9.17, 15) is 13.2 Å². The normalized spacial score (nSPS) is 10.1. The van der Waals surface area contributed by atoms with E-state index in [1.807, 2.05) is 0 Å². The second kappa shape index (κ2) is 4.65. The van der Waals surface area contributed by atoms with Crippen LogP contribution < -0.4 is 6.15 Å². The van der Waals surface area contributed by atoms with Gasteiger partial charge in [-0.15, -0.1) is 0 Å². The van der Waals surface area contributed by atoms with Crippen molar-refractivity contribution < 1.29 is 21.9 Å². The highest BCUT2D eigenvalue weighted by molar-refractivity contribution is 7.81. The minimum absolute atomic E-state index is 0. The minimum atomic E-state index is -4.75. The summed E-state index contributed by atoms with van der Waals surface area (Å²) in [5.41, 5.74) is -0.0554. The highest BCUT2D eigenvalue weighted by Crippen LogP contribution is 2.00. The van der Waals surface area contributed by atoms with Gasteiger partial charge in [-0.1, -0.05) is 0 Å². The molecule has 0 unspecified atom stereocenters. The van der Waals surface area contributed by atoms with Crippen LogP contribution in [0.25, 0.3) is 0 Å². The molecule has 4 N–H and O–H groups in total. The molecule has 0 radical (unpaired) electrons. The Kier molecular flexibility index (Phi) is 4.15. The molecule has 1 heterocycles. The maximum absolute atomic E-state index is 10.9. The first-order valence-corrected chi connectivity index (χ1v) is 4.47. The van der Waals surface area contributed by atoms with Crippen molar-refractivity contribution in [1.82, 2.24) is 11.1 Å². The number of hydrogen-bond acceptors (Lipinski definition) is 6. The second-order valence-electron chi connectivity index (χ2n) is 2.04. The predicted octanol–water partition coefficient (Wildman–Crippen LogP) is 0.203. The number of aromatic nitrogens is 1. The van der Waals surface area contributed by atoms with Gasteiger partial charge in [-0.05, 0) is 12.1 Å². The van der Waals surface area contributed by atoms with E-state index in [0.717, 1.165) is 6.20 Å². The Morgan fingerprint density at radius 3 is 2.57 bits per heavy atom. The van der Waals surface area contributed by atoms with Gasteiger partial charge in [0.1, 0.15) is 0 Å². The summed E-state index contributed by atoms with van der Waals surface area (Å²) in [6.07, 6.45) is 2.53. The highest BCUT2D eigenvalue weighted by atomic mass is 32.3. The van der Waals surface area contributed by atoms with Crippen molar-refractivity contribution in [2.24, 2.45) is 0 Å². The molecule has 0 bridgehead atoms. The molecule has 0 spiro atoms. The molecule has 7 nitrogen and oxygen atoms in total. The number of pyridine rings is 1. The summed E-state index contributed by atoms with van der Waals surface area (Å²) in [5, 5.41) is 0. The molecule has 0 fully saturated rings. The monoisotopic (exact) mass is 220 g/mol. The molecule has 0 aliphatic heterocycles. The largest absolute Gasteiger partial charge is 0.449 e. The van der Waals surface area contributed by atoms with Crippen molar-refractivity contribution >= 4 is 16.4 Å². The Balaban J connectivity index is 0.00000169. The van der Waals surface area contributed by atoms with Gasteiger partial charge >= 0.3 is 16.4 Å². The molecule has 0 aliphatic carbocycles. The van der Waals surface area contributed by atoms with E-state index >= 15 is 0 Å². The fourth-order valence-electron chi connectivity index (χ4n) is 0.627. The van der Waals surface area contributed by atoms with Crippen molar-refractivity contribution in [3.05, 3.63) is 30.1 Å². The summed E-state index contributed by atoms with van der Waals surface area (Å²) < 4.78 is 32.0. The molecule has 0 aromatic carbocycles. The Labute approximate surface area is 80.3 Å². The van der Waals surface area contributed by atoms with Crippen molar-refractivity contribution in [2.45, 2.75) is 0 Å². The van der Waals surface area contributed by atoms with Crippen LogP contribution >= 0.6 is 0 Å². The first-order chi connectivity index (χ1) is 5.99. The molecule has 14 heavy (non-hydrogen) atoms. The van der Waals surface area contributed by atoms with E-state index in [1.54, 1.807) is 0 Å². The molecule has 8 heteroatoms. The minimum Gasteiger partial charge on any atom is -0.344 e. The predicted molar refractivity (Wildman–Crippen MR) is 46.2 cm³/mol. The first kappa shape index (κ1) is 12.5. The summed E-state index contributed by atoms with van der Waals surface area (Å²) in [6, 6.07) is 2.74. The van der Waals surface area contributed by atoms with Crippen molar-refractivity contribution in [3.63, 3.8) is 0 Å². The quantitative estimate of drug-likeness (QED) is 0.681. The van der Waals surface area contributed by atoms with E-state index < -0.39 is 16.4 Å². The van der Waals surface area contributed by atoms with E-state index in [2.05, 4.69) is 9.17 Å². The van der Waals surface area contributed by atoms with Gasteiger partial charge < -0.3 is 10.3 Å². The Morgan fingerprint density at radius 2 is 2.14 bits per heavy atom. The average molecular weight is 220 g/mol. The Hall–Kier alpha value is -1.51. The topological polar surface area (TPSA) is 129 Å². The van der Waals surface area contributed by atoms with Crippen molar-refractivity contribution in [3.8, 4) is 0 Å². The number of hydrogen-bond donors (Lipinski definition) is 2. The van der Waals surface area contributed by atoms with Gasteiger partial charge in [0.25, 0.3) is 0 Å². The maximum Gasteiger partial charge on any atom is 0.449 e. The van der Waals surface area contributed by atoms with Crippen LogP contribution in [0, 0.1) is 0 Å². The lowest BCUT2D eigenvalue weighted by Gasteiger charge is -1.97. The molecule has 0 saturated heterocycles.